The van der Waals surface area contributed by atoms with Gasteiger partial charge < -0.3 is 20.4 Å². The van der Waals surface area contributed by atoms with Crippen LogP contribution in [0.1, 0.15) is 18.9 Å². The molecule has 2 aliphatic heterocycles. The minimum absolute atomic E-state index is 0.0451. The maximum absolute atomic E-state index is 12.9. The second-order valence-electron chi connectivity index (χ2n) is 7.79. The molecule has 10 nitrogen and oxygen atoms in total. The van der Waals surface area contributed by atoms with Crippen LogP contribution in [0.4, 0.5) is 5.69 Å². The van der Waals surface area contributed by atoms with Crippen molar-refractivity contribution in [2.75, 3.05) is 31.1 Å². The Labute approximate surface area is 178 Å². The number of carbonyl (C=O) groups excluding carboxylic acids is 1. The predicted molar refractivity (Wildman–Crippen MR) is 114 cm³/mol. The number of rotatable bonds is 4. The van der Waals surface area contributed by atoms with Gasteiger partial charge in [0.05, 0.1) is 23.0 Å². The van der Waals surface area contributed by atoms with Crippen LogP contribution < -0.4 is 15.9 Å². The molecule has 11 heteroatoms. The van der Waals surface area contributed by atoms with Crippen LogP contribution in [0.25, 0.3) is 11.0 Å². The molecule has 30 heavy (non-hydrogen) atoms. The zero-order chi connectivity index (χ0) is 21.6. The van der Waals surface area contributed by atoms with Crippen molar-refractivity contribution in [3.8, 4) is 0 Å². The summed E-state index contributed by atoms with van der Waals surface area (Å²) >= 11 is 4.54. The molecule has 0 radical (unpaired) electrons. The predicted octanol–water partition coefficient (Wildman–Crippen LogP) is -0.428. The lowest BCUT2D eigenvalue weighted by Crippen LogP contribution is -2.52. The fourth-order valence-electron chi connectivity index (χ4n) is 4.27. The molecule has 4 rings (SSSR count). The minimum Gasteiger partial charge on any atom is -0.480 e. The van der Waals surface area contributed by atoms with Crippen molar-refractivity contribution in [3.05, 3.63) is 28.7 Å². The molecule has 3 unspecified atom stereocenters. The summed E-state index contributed by atoms with van der Waals surface area (Å²) < 4.78 is 3.02. The van der Waals surface area contributed by atoms with Crippen LogP contribution in [0.2, 0.25) is 0 Å². The van der Waals surface area contributed by atoms with Gasteiger partial charge in [0.15, 0.2) is 0 Å². The highest BCUT2D eigenvalue weighted by Crippen LogP contribution is 2.28. The molecule has 3 heterocycles. The molecule has 1 aromatic carbocycles. The van der Waals surface area contributed by atoms with E-state index in [9.17, 15) is 19.5 Å². The molecule has 2 aromatic rings. The van der Waals surface area contributed by atoms with Crippen LogP contribution in [0.5, 0.6) is 0 Å². The number of nitrogens with zero attached hydrogens (tertiary/aromatic N) is 4. The lowest BCUT2D eigenvalue weighted by atomic mass is 10.1. The van der Waals surface area contributed by atoms with E-state index in [0.29, 0.717) is 43.5 Å². The molecule has 2 aliphatic rings. The monoisotopic (exact) mass is 435 g/mol. The molecular formula is C19H25N5O5S. The standard InChI is InChI=1S/C19H25N5O5S/c1-21-14-8-11(22-6-7-23(10-17(26)27)16(30)9-22)2-3-12(14)24(19(21)29)13-4-5-15(25)20-18(13)28/h2-3,8,13,15-16,25,30H,4-7,9-10H2,1H3,(H,20,28)(H,26,27). The number of aliphatic carboxylic acids is 1. The highest BCUT2D eigenvalue weighted by molar-refractivity contribution is 7.80. The zero-order valence-corrected chi connectivity index (χ0v) is 17.5. The van der Waals surface area contributed by atoms with Crippen LogP contribution >= 0.6 is 12.6 Å². The summed E-state index contributed by atoms with van der Waals surface area (Å²) in [7, 11) is 1.67. The number of benzene rings is 1. The average molecular weight is 436 g/mol. The Bertz CT molecular complexity index is 1050. The summed E-state index contributed by atoms with van der Waals surface area (Å²) in [6.07, 6.45) is -0.0953. The number of thiol groups is 1. The van der Waals surface area contributed by atoms with E-state index in [1.807, 2.05) is 23.1 Å². The molecular weight excluding hydrogens is 410 g/mol. The van der Waals surface area contributed by atoms with E-state index >= 15 is 0 Å². The van der Waals surface area contributed by atoms with Crippen molar-refractivity contribution in [1.29, 1.82) is 0 Å². The molecule has 1 amide bonds. The zero-order valence-electron chi connectivity index (χ0n) is 16.6. The number of carboxylic acids is 1. The fraction of sp³-hybridized carbons (Fsp3) is 0.526. The Morgan fingerprint density at radius 2 is 2.00 bits per heavy atom. The van der Waals surface area contributed by atoms with Crippen LogP contribution in [0.15, 0.2) is 23.0 Å². The highest BCUT2D eigenvalue weighted by Gasteiger charge is 2.32. The number of imidazole rings is 1. The molecule has 3 N–H and O–H groups in total. The van der Waals surface area contributed by atoms with Gasteiger partial charge in [0.2, 0.25) is 5.91 Å². The minimum atomic E-state index is -0.875. The summed E-state index contributed by atoms with van der Waals surface area (Å²) in [6.45, 7) is 1.73. The number of piperidine rings is 1. The number of amides is 1. The Kier molecular flexibility index (Phi) is 5.51. The number of anilines is 1. The van der Waals surface area contributed by atoms with Crippen molar-refractivity contribution < 1.29 is 19.8 Å². The van der Waals surface area contributed by atoms with E-state index in [4.69, 9.17) is 5.11 Å². The third-order valence-corrected chi connectivity index (χ3v) is 6.37. The topological polar surface area (TPSA) is 120 Å². The molecule has 2 fully saturated rings. The number of aliphatic hydroxyl groups is 1. The van der Waals surface area contributed by atoms with Crippen LogP contribution in [-0.4, -0.2) is 73.9 Å². The van der Waals surface area contributed by atoms with Crippen LogP contribution in [-0.2, 0) is 16.6 Å². The first-order chi connectivity index (χ1) is 14.3. The van der Waals surface area contributed by atoms with Crippen LogP contribution in [0.3, 0.4) is 0 Å². The maximum atomic E-state index is 12.9. The molecule has 2 saturated heterocycles. The van der Waals surface area contributed by atoms with Gasteiger partial charge in [-0.3, -0.25) is 23.6 Å². The van der Waals surface area contributed by atoms with Crippen molar-refractivity contribution >= 4 is 41.2 Å². The quantitative estimate of drug-likeness (QED) is 0.481. The highest BCUT2D eigenvalue weighted by atomic mass is 32.1. The van der Waals surface area contributed by atoms with Gasteiger partial charge in [0.1, 0.15) is 12.3 Å². The third-order valence-electron chi connectivity index (χ3n) is 5.88. The third kappa shape index (κ3) is 3.68. The first-order valence-corrected chi connectivity index (χ1v) is 10.4. The lowest BCUT2D eigenvalue weighted by Gasteiger charge is -2.39. The summed E-state index contributed by atoms with van der Waals surface area (Å²) in [4.78, 5) is 40.2. The summed E-state index contributed by atoms with van der Waals surface area (Å²) in [5.74, 6) is -1.24. The molecule has 3 atom stereocenters. The van der Waals surface area contributed by atoms with Gasteiger partial charge in [-0.1, -0.05) is 0 Å². The van der Waals surface area contributed by atoms with Gasteiger partial charge in [0, 0.05) is 32.4 Å². The normalized spacial score (nSPS) is 25.5. The number of hydrogen-bond donors (Lipinski definition) is 4. The number of aryl methyl sites for hydroxylation is 1. The number of fused-ring (bicyclic) bond motifs is 1. The second kappa shape index (κ2) is 7.97. The Morgan fingerprint density at radius 1 is 1.23 bits per heavy atom. The van der Waals surface area contributed by atoms with Gasteiger partial charge >= 0.3 is 11.7 Å². The summed E-state index contributed by atoms with van der Waals surface area (Å²) in [5, 5.41) is 20.9. The van der Waals surface area contributed by atoms with Crippen LogP contribution in [0, 0.1) is 0 Å². The van der Waals surface area contributed by atoms with Gasteiger partial charge in [-0.15, -0.1) is 0 Å². The van der Waals surface area contributed by atoms with E-state index in [2.05, 4.69) is 22.8 Å². The molecule has 0 spiro atoms. The fourth-order valence-corrected chi connectivity index (χ4v) is 4.66. The first kappa shape index (κ1) is 20.8. The largest absolute Gasteiger partial charge is 0.480 e. The van der Waals surface area contributed by atoms with E-state index in [-0.39, 0.29) is 23.5 Å². The summed E-state index contributed by atoms with van der Waals surface area (Å²) in [6, 6.07) is 5.00. The molecule has 162 valence electrons. The Balaban J connectivity index is 1.63. The van der Waals surface area contributed by atoms with E-state index in [0.717, 1.165) is 5.69 Å². The number of carbonyl (C=O) groups is 2. The van der Waals surface area contributed by atoms with Crippen molar-refractivity contribution in [2.45, 2.75) is 30.5 Å². The Morgan fingerprint density at radius 3 is 2.67 bits per heavy atom. The van der Waals surface area contributed by atoms with Gasteiger partial charge in [0.25, 0.3) is 0 Å². The summed E-state index contributed by atoms with van der Waals surface area (Å²) in [5.41, 5.74) is 2.00. The number of aromatic nitrogens is 2. The maximum Gasteiger partial charge on any atom is 0.329 e. The smallest absolute Gasteiger partial charge is 0.329 e. The lowest BCUT2D eigenvalue weighted by molar-refractivity contribution is -0.138. The van der Waals surface area contributed by atoms with E-state index in [1.165, 1.54) is 9.13 Å². The number of aliphatic hydroxyl groups excluding tert-OH is 1. The van der Waals surface area contributed by atoms with Gasteiger partial charge in [-0.05, 0) is 31.0 Å². The van der Waals surface area contributed by atoms with Crippen molar-refractivity contribution in [3.63, 3.8) is 0 Å². The van der Waals surface area contributed by atoms with Crippen molar-refractivity contribution in [2.24, 2.45) is 7.05 Å². The first-order valence-electron chi connectivity index (χ1n) is 9.84. The number of carboxylic acid groups (broad SMARTS) is 1. The van der Waals surface area contributed by atoms with Gasteiger partial charge in [-0.25, -0.2) is 4.79 Å². The Hall–Kier alpha value is -2.50. The average Bonchev–Trinajstić information content (AvgIpc) is 2.94. The van der Waals surface area contributed by atoms with E-state index < -0.39 is 18.2 Å². The number of nitrogens with one attached hydrogen (secondary N) is 1. The van der Waals surface area contributed by atoms with Crippen molar-refractivity contribution in [1.82, 2.24) is 19.4 Å². The molecule has 0 bridgehead atoms. The molecule has 0 aliphatic carbocycles. The van der Waals surface area contributed by atoms with E-state index in [1.54, 1.807) is 7.05 Å². The number of hydrogen-bond acceptors (Lipinski definition) is 7. The molecule has 0 saturated carbocycles. The van der Waals surface area contributed by atoms with Gasteiger partial charge in [-0.2, -0.15) is 12.6 Å². The molecule has 1 aromatic heterocycles. The SMILES string of the molecule is Cn1c(=O)n(C2CCC(O)NC2=O)c2ccc(N3CCN(CC(=O)O)C(S)C3)cc21. The second-order valence-corrected chi connectivity index (χ2v) is 8.39. The number of piperazine rings is 1.